The zero-order valence-corrected chi connectivity index (χ0v) is 13.6. The van der Waals surface area contributed by atoms with Gasteiger partial charge in [0.05, 0.1) is 4.90 Å². The first kappa shape index (κ1) is 15.5. The number of benzene rings is 1. The number of nitrogens with one attached hydrogen (secondary N) is 1. The van der Waals surface area contributed by atoms with E-state index in [1.54, 1.807) is 24.3 Å². The summed E-state index contributed by atoms with van der Waals surface area (Å²) in [5.41, 5.74) is 0. The van der Waals surface area contributed by atoms with Gasteiger partial charge in [0.1, 0.15) is 6.04 Å². The number of amides is 1. The summed E-state index contributed by atoms with van der Waals surface area (Å²) in [6, 6.07) is 5.86. The Morgan fingerprint density at radius 2 is 1.95 bits per heavy atom. The largest absolute Gasteiger partial charge is 0.358 e. The molecule has 20 heavy (non-hydrogen) atoms. The van der Waals surface area contributed by atoms with Gasteiger partial charge >= 0.3 is 0 Å². The Morgan fingerprint density at radius 1 is 1.30 bits per heavy atom. The summed E-state index contributed by atoms with van der Waals surface area (Å²) in [5.74, 6) is -0.245. The SMILES string of the molecule is CNC(=O)C1CCCCN1S(=O)(=O)c1ccc(Br)cc1. The van der Waals surface area contributed by atoms with Crippen LogP contribution in [0.2, 0.25) is 0 Å². The zero-order valence-electron chi connectivity index (χ0n) is 11.2. The predicted molar refractivity (Wildman–Crippen MR) is 79.7 cm³/mol. The quantitative estimate of drug-likeness (QED) is 0.892. The normalized spacial score (nSPS) is 20.6. The number of nitrogens with zero attached hydrogens (tertiary/aromatic N) is 1. The van der Waals surface area contributed by atoms with Crippen LogP contribution in [-0.2, 0) is 14.8 Å². The Bertz CT molecular complexity index is 586. The maximum atomic E-state index is 12.7. The smallest absolute Gasteiger partial charge is 0.243 e. The molecule has 7 heteroatoms. The molecule has 1 saturated heterocycles. The lowest BCUT2D eigenvalue weighted by Crippen LogP contribution is -2.51. The number of carbonyl (C=O) groups is 1. The average molecular weight is 361 g/mol. The summed E-state index contributed by atoms with van der Waals surface area (Å²) >= 11 is 3.28. The lowest BCUT2D eigenvalue weighted by molar-refractivity contribution is -0.125. The molecule has 0 radical (unpaired) electrons. The van der Waals surface area contributed by atoms with Crippen LogP contribution in [0, 0.1) is 0 Å². The van der Waals surface area contributed by atoms with Gasteiger partial charge in [-0.05, 0) is 37.1 Å². The minimum Gasteiger partial charge on any atom is -0.358 e. The zero-order chi connectivity index (χ0) is 14.8. The molecule has 1 aliphatic heterocycles. The van der Waals surface area contributed by atoms with E-state index in [9.17, 15) is 13.2 Å². The molecule has 1 unspecified atom stereocenters. The molecule has 0 bridgehead atoms. The molecule has 1 heterocycles. The molecule has 0 spiro atoms. The fourth-order valence-electron chi connectivity index (χ4n) is 2.36. The van der Waals surface area contributed by atoms with Crippen LogP contribution in [0.25, 0.3) is 0 Å². The Morgan fingerprint density at radius 3 is 2.55 bits per heavy atom. The third-order valence-electron chi connectivity index (χ3n) is 3.42. The van der Waals surface area contributed by atoms with Crippen molar-refractivity contribution in [1.82, 2.24) is 9.62 Å². The highest BCUT2D eigenvalue weighted by Gasteiger charge is 2.37. The number of likely N-dealkylation sites (N-methyl/N-ethyl adjacent to an activating group) is 1. The third kappa shape index (κ3) is 3.05. The lowest BCUT2D eigenvalue weighted by Gasteiger charge is -2.33. The van der Waals surface area contributed by atoms with Crippen LogP contribution < -0.4 is 5.32 Å². The summed E-state index contributed by atoms with van der Waals surface area (Å²) < 4.78 is 27.5. The molecular weight excluding hydrogens is 344 g/mol. The van der Waals surface area contributed by atoms with Gasteiger partial charge < -0.3 is 5.32 Å². The second kappa shape index (κ2) is 6.24. The van der Waals surface area contributed by atoms with Gasteiger partial charge in [-0.1, -0.05) is 22.4 Å². The summed E-state index contributed by atoms with van der Waals surface area (Å²) in [6.45, 7) is 0.385. The van der Waals surface area contributed by atoms with Crippen molar-refractivity contribution in [3.63, 3.8) is 0 Å². The maximum absolute atomic E-state index is 12.7. The highest BCUT2D eigenvalue weighted by atomic mass is 79.9. The van der Waals surface area contributed by atoms with Crippen LogP contribution in [0.4, 0.5) is 0 Å². The number of rotatable bonds is 3. The van der Waals surface area contributed by atoms with Crippen molar-refractivity contribution in [1.29, 1.82) is 0 Å². The van der Waals surface area contributed by atoms with Crippen LogP contribution in [0.3, 0.4) is 0 Å². The predicted octanol–water partition coefficient (Wildman–Crippen LogP) is 1.74. The van der Waals surface area contributed by atoms with E-state index in [-0.39, 0.29) is 10.8 Å². The van der Waals surface area contributed by atoms with Crippen molar-refractivity contribution >= 4 is 31.9 Å². The standard InChI is InChI=1S/C13H17BrN2O3S/c1-15-13(17)12-4-2-3-9-16(12)20(18,19)11-7-5-10(14)6-8-11/h5-8,12H,2-4,9H2,1H3,(H,15,17). The van der Waals surface area contributed by atoms with E-state index in [2.05, 4.69) is 21.2 Å². The van der Waals surface area contributed by atoms with Crippen LogP contribution in [0.5, 0.6) is 0 Å². The van der Waals surface area contributed by atoms with E-state index < -0.39 is 16.1 Å². The van der Waals surface area contributed by atoms with Crippen molar-refractivity contribution in [2.24, 2.45) is 0 Å². The molecule has 1 N–H and O–H groups in total. The molecule has 0 aliphatic carbocycles. The molecule has 1 amide bonds. The molecule has 1 aromatic rings. The Balaban J connectivity index is 2.35. The Hall–Kier alpha value is -0.920. The van der Waals surface area contributed by atoms with Crippen LogP contribution in [0.15, 0.2) is 33.6 Å². The minimum atomic E-state index is -3.63. The van der Waals surface area contributed by atoms with Crippen molar-refractivity contribution in [3.8, 4) is 0 Å². The van der Waals surface area contributed by atoms with E-state index >= 15 is 0 Å². The van der Waals surface area contributed by atoms with Gasteiger partial charge in [-0.15, -0.1) is 0 Å². The summed E-state index contributed by atoms with van der Waals surface area (Å²) in [5, 5.41) is 2.54. The molecule has 1 aromatic carbocycles. The first-order valence-electron chi connectivity index (χ1n) is 6.46. The number of hydrogen-bond donors (Lipinski definition) is 1. The number of hydrogen-bond acceptors (Lipinski definition) is 3. The van der Waals surface area contributed by atoms with Crippen molar-refractivity contribution in [2.75, 3.05) is 13.6 Å². The summed E-state index contributed by atoms with van der Waals surface area (Å²) in [4.78, 5) is 12.1. The van der Waals surface area contributed by atoms with Gasteiger partial charge in [0.2, 0.25) is 15.9 Å². The Kier molecular flexibility index (Phi) is 4.82. The molecule has 2 rings (SSSR count). The lowest BCUT2D eigenvalue weighted by atomic mass is 10.0. The molecule has 5 nitrogen and oxygen atoms in total. The second-order valence-electron chi connectivity index (χ2n) is 4.70. The first-order chi connectivity index (χ1) is 9.46. The van der Waals surface area contributed by atoms with E-state index in [0.29, 0.717) is 13.0 Å². The highest BCUT2D eigenvalue weighted by Crippen LogP contribution is 2.26. The second-order valence-corrected chi connectivity index (χ2v) is 7.50. The maximum Gasteiger partial charge on any atom is 0.243 e. The van der Waals surface area contributed by atoms with Crippen LogP contribution in [0.1, 0.15) is 19.3 Å². The summed E-state index contributed by atoms with van der Waals surface area (Å²) in [6.07, 6.45) is 2.21. The first-order valence-corrected chi connectivity index (χ1v) is 8.69. The van der Waals surface area contributed by atoms with Crippen molar-refractivity contribution < 1.29 is 13.2 Å². The van der Waals surface area contributed by atoms with Gasteiger partial charge in [0.15, 0.2) is 0 Å². The third-order valence-corrected chi connectivity index (χ3v) is 5.87. The van der Waals surface area contributed by atoms with Gasteiger partial charge in [0.25, 0.3) is 0 Å². The van der Waals surface area contributed by atoms with Gasteiger partial charge in [-0.25, -0.2) is 8.42 Å². The molecule has 1 atom stereocenters. The highest BCUT2D eigenvalue weighted by molar-refractivity contribution is 9.10. The number of sulfonamides is 1. The fraction of sp³-hybridized carbons (Fsp3) is 0.462. The molecule has 0 aromatic heterocycles. The minimum absolute atomic E-state index is 0.219. The van der Waals surface area contributed by atoms with Gasteiger partial charge in [0, 0.05) is 18.1 Å². The van der Waals surface area contributed by atoms with E-state index in [1.165, 1.54) is 11.4 Å². The molecule has 110 valence electrons. The van der Waals surface area contributed by atoms with Crippen molar-refractivity contribution in [2.45, 2.75) is 30.2 Å². The van der Waals surface area contributed by atoms with Crippen LogP contribution in [-0.4, -0.2) is 38.3 Å². The monoisotopic (exact) mass is 360 g/mol. The van der Waals surface area contributed by atoms with E-state index in [4.69, 9.17) is 0 Å². The number of carbonyl (C=O) groups excluding carboxylic acids is 1. The van der Waals surface area contributed by atoms with Gasteiger partial charge in [-0.3, -0.25) is 4.79 Å². The van der Waals surface area contributed by atoms with E-state index in [0.717, 1.165) is 17.3 Å². The molecular formula is C13H17BrN2O3S. The average Bonchev–Trinajstić information content (AvgIpc) is 2.47. The van der Waals surface area contributed by atoms with Gasteiger partial charge in [-0.2, -0.15) is 4.31 Å². The Labute approximate surface area is 127 Å². The molecule has 1 aliphatic rings. The van der Waals surface area contributed by atoms with Crippen molar-refractivity contribution in [3.05, 3.63) is 28.7 Å². The van der Waals surface area contributed by atoms with E-state index in [1.807, 2.05) is 0 Å². The molecule has 0 saturated carbocycles. The molecule has 1 fully saturated rings. The van der Waals surface area contributed by atoms with Crippen LogP contribution >= 0.6 is 15.9 Å². The topological polar surface area (TPSA) is 66.5 Å². The number of halogens is 1. The fourth-order valence-corrected chi connectivity index (χ4v) is 4.28. The number of piperidine rings is 1. The summed E-state index contributed by atoms with van der Waals surface area (Å²) in [7, 11) is -2.10.